The summed E-state index contributed by atoms with van der Waals surface area (Å²) >= 11 is 5.80. The van der Waals surface area contributed by atoms with Gasteiger partial charge < -0.3 is 10.5 Å². The number of aryl methyl sites for hydroxylation is 1. The number of hydrogen-bond donors (Lipinski definition) is 1. The lowest BCUT2D eigenvalue weighted by Crippen LogP contribution is -1.92. The second-order valence-electron chi connectivity index (χ2n) is 3.24. The van der Waals surface area contributed by atoms with Crippen LogP contribution in [0.25, 0.3) is 0 Å². The zero-order valence-electron chi connectivity index (χ0n) is 8.45. The zero-order chi connectivity index (χ0) is 11.7. The van der Waals surface area contributed by atoms with E-state index < -0.39 is 5.82 Å². The number of hydrogen-bond acceptors (Lipinski definition) is 3. The number of nitrogens with zero attached hydrogens (tertiary/aromatic N) is 2. The highest BCUT2D eigenvalue weighted by atomic mass is 35.5. The van der Waals surface area contributed by atoms with Crippen molar-refractivity contribution >= 4 is 17.3 Å². The lowest BCUT2D eigenvalue weighted by Gasteiger charge is -2.04. The third kappa shape index (κ3) is 2.09. The van der Waals surface area contributed by atoms with Crippen molar-refractivity contribution in [3.05, 3.63) is 35.2 Å². The van der Waals surface area contributed by atoms with Gasteiger partial charge in [-0.05, 0) is 18.2 Å². The molecule has 2 aromatic rings. The number of benzene rings is 1. The lowest BCUT2D eigenvalue weighted by atomic mass is 10.3. The summed E-state index contributed by atoms with van der Waals surface area (Å²) in [7, 11) is 1.72. The van der Waals surface area contributed by atoms with Crippen LogP contribution >= 0.6 is 11.6 Å². The molecule has 1 aromatic carbocycles. The van der Waals surface area contributed by atoms with E-state index in [9.17, 15) is 4.39 Å². The molecule has 0 atom stereocenters. The maximum absolute atomic E-state index is 12.8. The van der Waals surface area contributed by atoms with Crippen LogP contribution in [0.4, 0.5) is 10.1 Å². The van der Waals surface area contributed by atoms with Crippen LogP contribution in [0.5, 0.6) is 11.6 Å². The molecule has 0 saturated heterocycles. The minimum absolute atomic E-state index is 0.171. The number of anilines is 1. The SMILES string of the molecule is Cn1cc(N)c(Oc2ccc(F)cc2Cl)n1. The van der Waals surface area contributed by atoms with Crippen LogP contribution in [-0.4, -0.2) is 9.78 Å². The van der Waals surface area contributed by atoms with E-state index in [1.54, 1.807) is 13.2 Å². The maximum Gasteiger partial charge on any atom is 0.261 e. The third-order valence-electron chi connectivity index (χ3n) is 1.92. The predicted molar refractivity (Wildman–Crippen MR) is 59.1 cm³/mol. The lowest BCUT2D eigenvalue weighted by molar-refractivity contribution is 0.454. The number of ether oxygens (including phenoxy) is 1. The topological polar surface area (TPSA) is 53.1 Å². The van der Waals surface area contributed by atoms with E-state index >= 15 is 0 Å². The molecule has 0 radical (unpaired) electrons. The Hall–Kier alpha value is -1.75. The maximum atomic E-state index is 12.8. The zero-order valence-corrected chi connectivity index (χ0v) is 9.20. The molecular weight excluding hydrogens is 233 g/mol. The molecule has 6 heteroatoms. The van der Waals surface area contributed by atoms with Crippen molar-refractivity contribution in [2.24, 2.45) is 7.05 Å². The molecule has 2 N–H and O–H groups in total. The van der Waals surface area contributed by atoms with Crippen LogP contribution in [0.1, 0.15) is 0 Å². The summed E-state index contributed by atoms with van der Waals surface area (Å²) in [6.45, 7) is 0. The van der Waals surface area contributed by atoms with Gasteiger partial charge in [-0.3, -0.25) is 4.68 Å². The summed E-state index contributed by atoms with van der Waals surface area (Å²) in [5.41, 5.74) is 6.04. The van der Waals surface area contributed by atoms with E-state index in [4.69, 9.17) is 22.1 Å². The fourth-order valence-electron chi connectivity index (χ4n) is 1.23. The Labute approximate surface area is 96.4 Å². The molecular formula is C10H9ClFN3O. The summed E-state index contributed by atoms with van der Waals surface area (Å²) in [6.07, 6.45) is 1.60. The summed E-state index contributed by atoms with van der Waals surface area (Å²) in [5.74, 6) is 0.135. The molecule has 0 fully saturated rings. The molecule has 4 nitrogen and oxygen atoms in total. The van der Waals surface area contributed by atoms with Crippen molar-refractivity contribution in [1.82, 2.24) is 9.78 Å². The average molecular weight is 242 g/mol. The number of aromatic nitrogens is 2. The summed E-state index contributed by atoms with van der Waals surface area (Å²) in [6, 6.07) is 3.84. The van der Waals surface area contributed by atoms with E-state index in [1.807, 2.05) is 0 Å². The Morgan fingerprint density at radius 3 is 2.81 bits per heavy atom. The molecule has 2 rings (SSSR count). The summed E-state index contributed by atoms with van der Waals surface area (Å²) in [5, 5.41) is 4.16. The Kier molecular flexibility index (Phi) is 2.70. The summed E-state index contributed by atoms with van der Waals surface area (Å²) in [4.78, 5) is 0. The highest BCUT2D eigenvalue weighted by Gasteiger charge is 2.09. The van der Waals surface area contributed by atoms with Crippen molar-refractivity contribution < 1.29 is 9.13 Å². The quantitative estimate of drug-likeness (QED) is 0.879. The normalized spacial score (nSPS) is 10.4. The minimum atomic E-state index is -0.425. The van der Waals surface area contributed by atoms with Crippen molar-refractivity contribution in [3.63, 3.8) is 0 Å². The van der Waals surface area contributed by atoms with Crippen molar-refractivity contribution in [2.45, 2.75) is 0 Å². The Balaban J connectivity index is 2.30. The molecule has 0 spiro atoms. The minimum Gasteiger partial charge on any atom is -0.434 e. The van der Waals surface area contributed by atoms with E-state index in [0.717, 1.165) is 6.07 Å². The largest absolute Gasteiger partial charge is 0.434 e. The number of halogens is 2. The van der Waals surface area contributed by atoms with E-state index in [0.29, 0.717) is 11.4 Å². The van der Waals surface area contributed by atoms with Crippen LogP contribution in [0.2, 0.25) is 5.02 Å². The van der Waals surface area contributed by atoms with Gasteiger partial charge >= 0.3 is 0 Å². The first-order valence-corrected chi connectivity index (χ1v) is 4.86. The van der Waals surface area contributed by atoms with Gasteiger partial charge in [-0.1, -0.05) is 11.6 Å². The van der Waals surface area contributed by atoms with Gasteiger partial charge in [0.2, 0.25) is 0 Å². The molecule has 0 unspecified atom stereocenters. The van der Waals surface area contributed by atoms with Gasteiger partial charge in [0.15, 0.2) is 0 Å². The first-order valence-electron chi connectivity index (χ1n) is 4.48. The molecule has 0 amide bonds. The highest BCUT2D eigenvalue weighted by molar-refractivity contribution is 6.32. The Bertz CT molecular complexity index is 527. The van der Waals surface area contributed by atoms with Crippen molar-refractivity contribution in [3.8, 4) is 11.6 Å². The van der Waals surface area contributed by atoms with E-state index in [2.05, 4.69) is 5.10 Å². The first-order chi connectivity index (χ1) is 7.56. The molecule has 16 heavy (non-hydrogen) atoms. The van der Waals surface area contributed by atoms with Crippen LogP contribution < -0.4 is 10.5 Å². The summed E-state index contributed by atoms with van der Waals surface area (Å²) < 4.78 is 19.7. The van der Waals surface area contributed by atoms with E-state index in [1.165, 1.54) is 16.8 Å². The van der Waals surface area contributed by atoms with Gasteiger partial charge in [-0.25, -0.2) is 4.39 Å². The van der Waals surface area contributed by atoms with Gasteiger partial charge in [0.05, 0.1) is 11.2 Å². The van der Waals surface area contributed by atoms with Crippen LogP contribution in [0, 0.1) is 5.82 Å². The highest BCUT2D eigenvalue weighted by Crippen LogP contribution is 2.31. The van der Waals surface area contributed by atoms with Gasteiger partial charge in [0.25, 0.3) is 5.88 Å². The van der Waals surface area contributed by atoms with Gasteiger partial charge in [-0.15, -0.1) is 5.10 Å². The second kappa shape index (κ2) is 4.02. The molecule has 0 aliphatic heterocycles. The van der Waals surface area contributed by atoms with Gasteiger partial charge in [-0.2, -0.15) is 0 Å². The average Bonchev–Trinajstić information content (AvgIpc) is 2.50. The van der Waals surface area contributed by atoms with Crippen LogP contribution in [0.3, 0.4) is 0 Å². The number of rotatable bonds is 2. The number of nitrogen functional groups attached to an aromatic ring is 1. The second-order valence-corrected chi connectivity index (χ2v) is 3.65. The molecule has 0 aliphatic carbocycles. The van der Waals surface area contributed by atoms with Gasteiger partial charge in [0, 0.05) is 7.05 Å². The van der Waals surface area contributed by atoms with E-state index in [-0.39, 0.29) is 10.9 Å². The Morgan fingerprint density at radius 1 is 1.50 bits per heavy atom. The smallest absolute Gasteiger partial charge is 0.261 e. The number of nitrogens with two attached hydrogens (primary N) is 1. The fraction of sp³-hybridized carbons (Fsp3) is 0.100. The molecule has 0 bridgehead atoms. The monoisotopic (exact) mass is 241 g/mol. The van der Waals surface area contributed by atoms with Crippen LogP contribution in [0.15, 0.2) is 24.4 Å². The molecule has 0 saturated carbocycles. The first kappa shape index (κ1) is 10.8. The van der Waals surface area contributed by atoms with Gasteiger partial charge in [0.1, 0.15) is 17.3 Å². The fourth-order valence-corrected chi connectivity index (χ4v) is 1.43. The molecule has 1 aromatic heterocycles. The van der Waals surface area contributed by atoms with Crippen molar-refractivity contribution in [2.75, 3.05) is 5.73 Å². The van der Waals surface area contributed by atoms with Crippen LogP contribution in [-0.2, 0) is 7.05 Å². The molecule has 1 heterocycles. The predicted octanol–water partition coefficient (Wildman–Crippen LogP) is 2.59. The standard InChI is InChI=1S/C10H9ClFN3O/c1-15-5-8(13)10(14-15)16-9-3-2-6(12)4-7(9)11/h2-5H,13H2,1H3. The third-order valence-corrected chi connectivity index (χ3v) is 2.22. The molecule has 84 valence electrons. The Morgan fingerprint density at radius 2 is 2.25 bits per heavy atom. The molecule has 0 aliphatic rings. The van der Waals surface area contributed by atoms with Crippen molar-refractivity contribution in [1.29, 1.82) is 0 Å².